The Bertz CT molecular complexity index is 1070. The van der Waals surface area contributed by atoms with Gasteiger partial charge in [0.05, 0.1) is 5.56 Å². The van der Waals surface area contributed by atoms with Gasteiger partial charge in [-0.25, -0.2) is 4.79 Å². The maximum absolute atomic E-state index is 12.6. The molecule has 0 radical (unpaired) electrons. The van der Waals surface area contributed by atoms with Gasteiger partial charge in [-0.2, -0.15) is 0 Å². The van der Waals surface area contributed by atoms with Crippen LogP contribution in [0.3, 0.4) is 0 Å². The Kier molecular flexibility index (Phi) is 3.89. The first-order valence-corrected chi connectivity index (χ1v) is 7.97. The fourth-order valence-corrected chi connectivity index (χ4v) is 3.72. The number of hydrogen-bond donors (Lipinski definition) is 3. The van der Waals surface area contributed by atoms with Gasteiger partial charge in [0.2, 0.25) is 0 Å². The van der Waals surface area contributed by atoms with Crippen LogP contribution < -0.4 is 40.0 Å². The summed E-state index contributed by atoms with van der Waals surface area (Å²) in [6, 6.07) is 14.3. The van der Waals surface area contributed by atoms with Crippen molar-refractivity contribution in [1.29, 1.82) is 0 Å². The van der Waals surface area contributed by atoms with Crippen LogP contribution in [0, 0.1) is 0 Å². The minimum atomic E-state index is -1.23. The van der Waals surface area contributed by atoms with Crippen molar-refractivity contribution in [2.24, 2.45) is 0 Å². The molecule has 2 aliphatic rings. The van der Waals surface area contributed by atoms with E-state index in [9.17, 15) is 15.0 Å². The maximum Gasteiger partial charge on any atom is 1.00 e. The number of hydrogen-bond acceptors (Lipinski definition) is 6. The Labute approximate surface area is 177 Å². The van der Waals surface area contributed by atoms with Crippen molar-refractivity contribution in [2.45, 2.75) is 5.60 Å². The van der Waals surface area contributed by atoms with Crippen LogP contribution in [0.25, 0.3) is 0 Å². The summed E-state index contributed by atoms with van der Waals surface area (Å²) in [5.74, 6) is 0.238. The topological polar surface area (TPSA) is 102 Å². The van der Waals surface area contributed by atoms with E-state index >= 15 is 0 Å². The van der Waals surface area contributed by atoms with E-state index in [2.05, 4.69) is 0 Å². The maximum atomic E-state index is 12.6. The number of benzene rings is 3. The predicted octanol–water partition coefficient (Wildman–Crippen LogP) is 0.365. The first-order valence-electron chi connectivity index (χ1n) is 7.97. The van der Waals surface area contributed by atoms with Crippen molar-refractivity contribution in [3.8, 4) is 23.0 Å². The molecule has 2 aliphatic heterocycles. The van der Waals surface area contributed by atoms with E-state index in [1.165, 1.54) is 24.3 Å². The molecule has 0 aromatic heterocycles. The molecule has 3 aromatic carbocycles. The summed E-state index contributed by atoms with van der Waals surface area (Å²) in [5, 5.41) is 19.7. The number of rotatable bonds is 0. The second-order valence-electron chi connectivity index (χ2n) is 6.34. The molecule has 0 unspecified atom stereocenters. The Hall–Kier alpha value is -2.67. The third-order valence-electron chi connectivity index (χ3n) is 4.80. The van der Waals surface area contributed by atoms with Crippen molar-refractivity contribution in [1.82, 2.24) is 0 Å². The van der Waals surface area contributed by atoms with E-state index in [1.807, 2.05) is 0 Å². The third kappa shape index (κ3) is 2.34. The fourth-order valence-electron chi connectivity index (χ4n) is 3.72. The van der Waals surface area contributed by atoms with Crippen LogP contribution in [0.5, 0.6) is 23.0 Å². The molecular formula is C20H14NNaO5. The smallest absolute Gasteiger partial charge is 1.00 e. The summed E-state index contributed by atoms with van der Waals surface area (Å²) >= 11 is 0. The van der Waals surface area contributed by atoms with Gasteiger partial charge in [0.15, 0.2) is 5.60 Å². The number of nitrogens with two attached hydrogens (primary N) is 1. The van der Waals surface area contributed by atoms with Crippen LogP contribution in [0.2, 0.25) is 0 Å². The molecule has 3 aromatic rings. The molecular weight excluding hydrogens is 357 g/mol. The zero-order chi connectivity index (χ0) is 18.1. The number of carbonyl (C=O) groups excluding carboxylic acids is 1. The Balaban J connectivity index is 0.00000112. The number of fused-ring (bicyclic) bond motifs is 6. The Morgan fingerprint density at radius 1 is 0.852 bits per heavy atom. The number of carbonyl (C=O) groups is 1. The average Bonchev–Trinajstić information content (AvgIpc) is 2.87. The number of phenolic OH excluding ortho intramolecular Hbond substituents is 2. The summed E-state index contributed by atoms with van der Waals surface area (Å²) < 4.78 is 11.8. The van der Waals surface area contributed by atoms with Gasteiger partial charge >= 0.3 is 35.5 Å². The fraction of sp³-hybridized carbons (Fsp3) is 0.0500. The van der Waals surface area contributed by atoms with Crippen molar-refractivity contribution >= 4 is 11.7 Å². The molecule has 0 saturated carbocycles. The summed E-state index contributed by atoms with van der Waals surface area (Å²) in [6.45, 7) is 0. The van der Waals surface area contributed by atoms with Crippen molar-refractivity contribution in [3.05, 3.63) is 76.9 Å². The summed E-state index contributed by atoms with van der Waals surface area (Å²) in [5.41, 5.74) is 7.26. The first kappa shape index (κ1) is 17.7. The zero-order valence-electron chi connectivity index (χ0n) is 15.4. The quantitative estimate of drug-likeness (QED) is 0.300. The molecule has 0 bridgehead atoms. The molecule has 27 heavy (non-hydrogen) atoms. The number of anilines is 1. The van der Waals surface area contributed by atoms with E-state index < -0.39 is 11.6 Å². The van der Waals surface area contributed by atoms with Gasteiger partial charge < -0.3 is 26.8 Å². The van der Waals surface area contributed by atoms with E-state index in [0.29, 0.717) is 39.4 Å². The summed E-state index contributed by atoms with van der Waals surface area (Å²) in [4.78, 5) is 12.6. The van der Waals surface area contributed by atoms with E-state index in [4.69, 9.17) is 15.2 Å². The van der Waals surface area contributed by atoms with Crippen LogP contribution in [0.15, 0.2) is 54.6 Å². The molecule has 0 saturated heterocycles. The molecule has 130 valence electrons. The van der Waals surface area contributed by atoms with Gasteiger partial charge in [-0.1, -0.05) is 6.07 Å². The zero-order valence-corrected chi connectivity index (χ0v) is 16.4. The second-order valence-corrected chi connectivity index (χ2v) is 6.34. The van der Waals surface area contributed by atoms with Crippen LogP contribution in [0.4, 0.5) is 5.69 Å². The molecule has 7 heteroatoms. The molecule has 1 spiro atoms. The predicted molar refractivity (Wildman–Crippen MR) is 93.6 cm³/mol. The van der Waals surface area contributed by atoms with E-state index in [1.54, 1.807) is 30.3 Å². The standard InChI is InChI=1S/C20H13NO5.Na.H/c21-10-1-4-14-13(7-10)19(24)26-20(14)15-5-2-11(22)8-17(15)25-18-9-12(23)3-6-16(18)20;;/h1-9,22-23H,21H2;;/q;+1;-1. The number of phenols is 2. The Morgan fingerprint density at radius 2 is 1.41 bits per heavy atom. The van der Waals surface area contributed by atoms with Gasteiger partial charge in [0.25, 0.3) is 0 Å². The minimum absolute atomic E-state index is 0. The number of aromatic hydroxyl groups is 2. The normalized spacial score (nSPS) is 15.0. The summed E-state index contributed by atoms with van der Waals surface area (Å²) in [7, 11) is 0. The van der Waals surface area contributed by atoms with Crippen molar-refractivity contribution in [3.63, 3.8) is 0 Å². The van der Waals surface area contributed by atoms with Crippen molar-refractivity contribution in [2.75, 3.05) is 5.73 Å². The molecule has 2 heterocycles. The number of nitrogen functional groups attached to an aromatic ring is 1. The van der Waals surface area contributed by atoms with Gasteiger partial charge in [0, 0.05) is 34.5 Å². The number of esters is 1. The van der Waals surface area contributed by atoms with Crippen molar-refractivity contribution < 1.29 is 55.5 Å². The second kappa shape index (κ2) is 5.92. The van der Waals surface area contributed by atoms with Gasteiger partial charge in [-0.3, -0.25) is 0 Å². The largest absolute Gasteiger partial charge is 1.00 e. The molecule has 0 atom stereocenters. The summed E-state index contributed by atoms with van der Waals surface area (Å²) in [6.07, 6.45) is 0. The average molecular weight is 371 g/mol. The minimum Gasteiger partial charge on any atom is -1.00 e. The van der Waals surface area contributed by atoms with Crippen LogP contribution in [0.1, 0.15) is 28.5 Å². The number of ether oxygens (including phenoxy) is 2. The van der Waals surface area contributed by atoms with Crippen LogP contribution in [-0.4, -0.2) is 16.2 Å². The molecule has 6 nitrogen and oxygen atoms in total. The van der Waals surface area contributed by atoms with Crippen LogP contribution >= 0.6 is 0 Å². The molecule has 0 aliphatic carbocycles. The molecule has 4 N–H and O–H groups in total. The molecule has 0 fully saturated rings. The van der Waals surface area contributed by atoms with Gasteiger partial charge in [-0.05, 0) is 36.4 Å². The van der Waals surface area contributed by atoms with E-state index in [-0.39, 0.29) is 42.5 Å². The SMILES string of the molecule is Nc1ccc2c(c1)C(=O)OC21c2ccc(O)cc2Oc2cc(O)ccc21.[H-].[Na+]. The Morgan fingerprint density at radius 3 is 2.00 bits per heavy atom. The van der Waals surface area contributed by atoms with Crippen LogP contribution in [-0.2, 0) is 10.3 Å². The molecule has 5 rings (SSSR count). The van der Waals surface area contributed by atoms with Gasteiger partial charge in [0.1, 0.15) is 23.0 Å². The third-order valence-corrected chi connectivity index (χ3v) is 4.80. The van der Waals surface area contributed by atoms with Gasteiger partial charge in [-0.15, -0.1) is 0 Å². The molecule has 0 amide bonds. The first-order chi connectivity index (χ1) is 12.5. The van der Waals surface area contributed by atoms with E-state index in [0.717, 1.165) is 0 Å². The monoisotopic (exact) mass is 371 g/mol.